The summed E-state index contributed by atoms with van der Waals surface area (Å²) in [4.78, 5) is 21.3. The molecule has 4 rings (SSSR count). The average molecular weight is 464 g/mol. The van der Waals surface area contributed by atoms with Gasteiger partial charge >= 0.3 is 0 Å². The second kappa shape index (κ2) is 8.17. The topological polar surface area (TPSA) is 70.6 Å². The maximum absolute atomic E-state index is 12.6. The molecule has 0 spiro atoms. The van der Waals surface area contributed by atoms with E-state index in [1.807, 2.05) is 0 Å². The molecule has 6 nitrogen and oxygen atoms in total. The SMILES string of the molecule is Cc1ccc(C)c2sc(N3CCN(C(=O)CS(=O)(=O)c4ccc(Cl)cc4)CC3)nc12. The molecule has 1 aliphatic heterocycles. The third-order valence-corrected chi connectivity index (χ3v) is 8.44. The Morgan fingerprint density at radius 2 is 1.67 bits per heavy atom. The highest BCUT2D eigenvalue weighted by atomic mass is 35.5. The van der Waals surface area contributed by atoms with Gasteiger partial charge in [-0.05, 0) is 49.2 Å². The van der Waals surface area contributed by atoms with Gasteiger partial charge in [0.25, 0.3) is 0 Å². The molecule has 1 saturated heterocycles. The number of carbonyl (C=O) groups is 1. The van der Waals surface area contributed by atoms with Gasteiger partial charge in [0.2, 0.25) is 5.91 Å². The monoisotopic (exact) mass is 463 g/mol. The van der Waals surface area contributed by atoms with Gasteiger partial charge in [-0.3, -0.25) is 4.79 Å². The Hall–Kier alpha value is -2.16. The molecule has 2 heterocycles. The fourth-order valence-electron chi connectivity index (χ4n) is 3.51. The lowest BCUT2D eigenvalue weighted by atomic mass is 10.1. The Bertz CT molecular complexity index is 1160. The van der Waals surface area contributed by atoms with Crippen LogP contribution in [0.1, 0.15) is 11.1 Å². The molecule has 0 unspecified atom stereocenters. The van der Waals surface area contributed by atoms with Gasteiger partial charge < -0.3 is 9.80 Å². The van der Waals surface area contributed by atoms with Crippen molar-refractivity contribution in [3.8, 4) is 0 Å². The van der Waals surface area contributed by atoms with Gasteiger partial charge in [-0.1, -0.05) is 35.1 Å². The normalized spacial score (nSPS) is 15.0. The Kier molecular flexibility index (Phi) is 5.74. The molecule has 1 amide bonds. The van der Waals surface area contributed by atoms with E-state index < -0.39 is 15.6 Å². The average Bonchev–Trinajstić information content (AvgIpc) is 3.18. The van der Waals surface area contributed by atoms with E-state index in [9.17, 15) is 13.2 Å². The predicted octanol–water partition coefficient (Wildman–Crippen LogP) is 3.69. The van der Waals surface area contributed by atoms with E-state index in [1.165, 1.54) is 34.5 Å². The first-order valence-electron chi connectivity index (χ1n) is 9.62. The van der Waals surface area contributed by atoms with Crippen LogP contribution in [0.15, 0.2) is 41.3 Å². The highest BCUT2D eigenvalue weighted by Gasteiger charge is 2.27. The minimum absolute atomic E-state index is 0.110. The number of amides is 1. The second-order valence-electron chi connectivity index (χ2n) is 7.45. The van der Waals surface area contributed by atoms with Crippen LogP contribution in [0.3, 0.4) is 0 Å². The summed E-state index contributed by atoms with van der Waals surface area (Å²) in [6.45, 7) is 6.35. The zero-order valence-corrected chi connectivity index (χ0v) is 19.1. The van der Waals surface area contributed by atoms with Crippen molar-refractivity contribution in [3.63, 3.8) is 0 Å². The van der Waals surface area contributed by atoms with Crippen molar-refractivity contribution in [2.24, 2.45) is 0 Å². The first kappa shape index (κ1) is 21.1. The van der Waals surface area contributed by atoms with E-state index in [1.54, 1.807) is 16.2 Å². The summed E-state index contributed by atoms with van der Waals surface area (Å²) in [6.07, 6.45) is 0. The molecular weight excluding hydrogens is 442 g/mol. The zero-order valence-electron chi connectivity index (χ0n) is 16.8. The van der Waals surface area contributed by atoms with Crippen molar-refractivity contribution < 1.29 is 13.2 Å². The van der Waals surface area contributed by atoms with E-state index in [2.05, 4.69) is 30.9 Å². The van der Waals surface area contributed by atoms with Crippen LogP contribution < -0.4 is 4.90 Å². The minimum atomic E-state index is -3.69. The third kappa shape index (κ3) is 4.17. The molecule has 3 aromatic rings. The van der Waals surface area contributed by atoms with Crippen molar-refractivity contribution in [1.82, 2.24) is 9.88 Å². The van der Waals surface area contributed by atoms with Gasteiger partial charge in [0.05, 0.1) is 15.1 Å². The largest absolute Gasteiger partial charge is 0.345 e. The van der Waals surface area contributed by atoms with Crippen molar-refractivity contribution in [3.05, 3.63) is 52.5 Å². The Labute approximate surface area is 185 Å². The summed E-state index contributed by atoms with van der Waals surface area (Å²) in [5.74, 6) is -0.908. The first-order valence-corrected chi connectivity index (χ1v) is 12.5. The summed E-state index contributed by atoms with van der Waals surface area (Å²) in [5.41, 5.74) is 3.39. The molecule has 1 fully saturated rings. The van der Waals surface area contributed by atoms with Crippen LogP contribution in [-0.4, -0.2) is 56.1 Å². The molecule has 2 aromatic carbocycles. The predicted molar refractivity (Wildman–Crippen MR) is 121 cm³/mol. The summed E-state index contributed by atoms with van der Waals surface area (Å²) in [5, 5.41) is 1.40. The molecule has 0 aliphatic carbocycles. The molecule has 0 saturated carbocycles. The van der Waals surface area contributed by atoms with E-state index in [4.69, 9.17) is 16.6 Å². The van der Waals surface area contributed by atoms with Crippen LogP contribution in [0.2, 0.25) is 5.02 Å². The molecule has 30 heavy (non-hydrogen) atoms. The number of carbonyl (C=O) groups excluding carboxylic acids is 1. The van der Waals surface area contributed by atoms with Gasteiger partial charge in [0.1, 0.15) is 5.75 Å². The van der Waals surface area contributed by atoms with E-state index in [-0.39, 0.29) is 10.8 Å². The molecule has 1 aliphatic rings. The minimum Gasteiger partial charge on any atom is -0.345 e. The van der Waals surface area contributed by atoms with E-state index in [0.29, 0.717) is 31.2 Å². The van der Waals surface area contributed by atoms with Crippen LogP contribution >= 0.6 is 22.9 Å². The van der Waals surface area contributed by atoms with Gasteiger partial charge in [-0.2, -0.15) is 0 Å². The number of nitrogens with zero attached hydrogens (tertiary/aromatic N) is 3. The number of fused-ring (bicyclic) bond motifs is 1. The number of piperazine rings is 1. The number of aryl methyl sites for hydroxylation is 2. The quantitative estimate of drug-likeness (QED) is 0.590. The number of thiazole rings is 1. The summed E-state index contributed by atoms with van der Waals surface area (Å²) in [7, 11) is -3.69. The van der Waals surface area contributed by atoms with E-state index >= 15 is 0 Å². The summed E-state index contributed by atoms with van der Waals surface area (Å²) in [6, 6.07) is 10.1. The number of benzene rings is 2. The maximum atomic E-state index is 12.6. The molecule has 0 N–H and O–H groups in total. The second-order valence-corrected chi connectivity index (χ2v) is 10.9. The van der Waals surface area contributed by atoms with Gasteiger partial charge in [0.15, 0.2) is 15.0 Å². The van der Waals surface area contributed by atoms with Crippen molar-refractivity contribution >= 4 is 54.0 Å². The number of hydrogen-bond donors (Lipinski definition) is 0. The lowest BCUT2D eigenvalue weighted by Crippen LogP contribution is -2.50. The number of halogens is 1. The standard InChI is InChI=1S/C21H22ClN3O3S2/c1-14-3-4-15(2)20-19(14)23-21(29-20)25-11-9-24(10-12-25)18(26)13-30(27,28)17-7-5-16(22)6-8-17/h3-8H,9-13H2,1-2H3. The molecule has 0 radical (unpaired) electrons. The lowest BCUT2D eigenvalue weighted by molar-refractivity contribution is -0.128. The molecule has 0 bridgehead atoms. The maximum Gasteiger partial charge on any atom is 0.238 e. The smallest absolute Gasteiger partial charge is 0.238 e. The van der Waals surface area contributed by atoms with Crippen LogP contribution in [0.4, 0.5) is 5.13 Å². The molecule has 158 valence electrons. The van der Waals surface area contributed by atoms with Crippen LogP contribution in [0, 0.1) is 13.8 Å². The summed E-state index contributed by atoms with van der Waals surface area (Å²) < 4.78 is 26.3. The van der Waals surface area contributed by atoms with Crippen molar-refractivity contribution in [2.75, 3.05) is 36.8 Å². The highest BCUT2D eigenvalue weighted by Crippen LogP contribution is 2.33. The fraction of sp³-hybridized carbons (Fsp3) is 0.333. The molecule has 9 heteroatoms. The Morgan fingerprint density at radius 3 is 2.30 bits per heavy atom. The Morgan fingerprint density at radius 1 is 1.03 bits per heavy atom. The Balaban J connectivity index is 1.42. The third-order valence-electron chi connectivity index (χ3n) is 5.32. The molecular formula is C21H22ClN3O3S2. The summed E-state index contributed by atoms with van der Waals surface area (Å²) >= 11 is 7.48. The van der Waals surface area contributed by atoms with Crippen LogP contribution in [0.5, 0.6) is 0 Å². The first-order chi connectivity index (χ1) is 14.2. The number of hydrogen-bond acceptors (Lipinski definition) is 6. The van der Waals surface area contributed by atoms with Gasteiger partial charge in [-0.25, -0.2) is 13.4 Å². The van der Waals surface area contributed by atoms with Crippen molar-refractivity contribution in [1.29, 1.82) is 0 Å². The fourth-order valence-corrected chi connectivity index (χ4v) is 6.02. The lowest BCUT2D eigenvalue weighted by Gasteiger charge is -2.34. The molecule has 0 atom stereocenters. The van der Waals surface area contributed by atoms with Gasteiger partial charge in [-0.15, -0.1) is 0 Å². The van der Waals surface area contributed by atoms with Crippen LogP contribution in [0.25, 0.3) is 10.2 Å². The van der Waals surface area contributed by atoms with Crippen LogP contribution in [-0.2, 0) is 14.6 Å². The molecule has 1 aromatic heterocycles. The van der Waals surface area contributed by atoms with Gasteiger partial charge in [0, 0.05) is 31.2 Å². The number of sulfone groups is 1. The number of rotatable bonds is 4. The highest BCUT2D eigenvalue weighted by molar-refractivity contribution is 7.92. The number of anilines is 1. The number of aromatic nitrogens is 1. The van der Waals surface area contributed by atoms with E-state index in [0.717, 1.165) is 16.2 Å². The van der Waals surface area contributed by atoms with Crippen molar-refractivity contribution in [2.45, 2.75) is 18.7 Å². The zero-order chi connectivity index (χ0) is 21.5.